The Morgan fingerprint density at radius 1 is 1.15 bits per heavy atom. The monoisotopic (exact) mass is 373 g/mol. The molecule has 1 amide bonds. The van der Waals surface area contributed by atoms with Crippen LogP contribution in [0.1, 0.15) is 54.6 Å². The fraction of sp³-hybridized carbons (Fsp3) is 0.400. The molecule has 5 nitrogen and oxygen atoms in total. The highest BCUT2D eigenvalue weighted by Gasteiger charge is 2.23. The predicted octanol–water partition coefficient (Wildman–Crippen LogP) is 3.63. The number of hydrazine groups is 1. The second-order valence-corrected chi connectivity index (χ2v) is 7.66. The van der Waals surface area contributed by atoms with Crippen LogP contribution >= 0.6 is 12.2 Å². The number of rotatable bonds is 5. The van der Waals surface area contributed by atoms with E-state index >= 15 is 0 Å². The normalized spacial score (nSPS) is 11.1. The van der Waals surface area contributed by atoms with E-state index < -0.39 is 0 Å². The smallest absolute Gasteiger partial charge is 0.273 e. The molecule has 0 saturated carbocycles. The van der Waals surface area contributed by atoms with E-state index in [1.807, 2.05) is 39.0 Å². The summed E-state index contributed by atoms with van der Waals surface area (Å²) in [4.78, 5) is 12.3. The Balaban J connectivity index is 1.73. The number of aryl methyl sites for hydroxylation is 2. The highest BCUT2D eigenvalue weighted by Crippen LogP contribution is 2.26. The Kier molecular flexibility index (Phi) is 6.80. The number of carbonyl (C=O) groups is 1. The molecule has 0 aliphatic heterocycles. The van der Waals surface area contributed by atoms with Crippen molar-refractivity contribution in [2.45, 2.75) is 46.0 Å². The fourth-order valence-electron chi connectivity index (χ4n) is 2.44. The highest BCUT2D eigenvalue weighted by molar-refractivity contribution is 7.80. The summed E-state index contributed by atoms with van der Waals surface area (Å²) in [5, 5.41) is 3.48. The van der Waals surface area contributed by atoms with Crippen molar-refractivity contribution in [1.29, 1.82) is 0 Å². The highest BCUT2D eigenvalue weighted by atomic mass is 32.1. The molecule has 6 heteroatoms. The molecule has 2 rings (SSSR count). The first-order valence-electron chi connectivity index (χ1n) is 8.76. The summed E-state index contributed by atoms with van der Waals surface area (Å²) in [7, 11) is 0. The van der Waals surface area contributed by atoms with Gasteiger partial charge >= 0.3 is 0 Å². The van der Waals surface area contributed by atoms with Crippen LogP contribution < -0.4 is 16.2 Å². The average Bonchev–Trinajstić information content (AvgIpc) is 3.00. The summed E-state index contributed by atoms with van der Waals surface area (Å²) < 4.78 is 5.69. The van der Waals surface area contributed by atoms with Crippen molar-refractivity contribution in [3.8, 4) is 0 Å². The molecular formula is C20H27N3O2S. The molecule has 2 aromatic rings. The van der Waals surface area contributed by atoms with Crippen molar-refractivity contribution in [3.63, 3.8) is 0 Å². The molecule has 0 aliphatic rings. The molecular weight excluding hydrogens is 346 g/mol. The molecule has 1 aromatic heterocycles. The van der Waals surface area contributed by atoms with Crippen LogP contribution in [0, 0.1) is 6.92 Å². The van der Waals surface area contributed by atoms with Gasteiger partial charge in [-0.3, -0.25) is 15.6 Å². The maximum Gasteiger partial charge on any atom is 0.273 e. The van der Waals surface area contributed by atoms with E-state index in [9.17, 15) is 4.79 Å². The zero-order chi connectivity index (χ0) is 19.2. The maximum atomic E-state index is 12.3. The van der Waals surface area contributed by atoms with Gasteiger partial charge in [-0.2, -0.15) is 0 Å². The fourth-order valence-corrected chi connectivity index (χ4v) is 2.59. The van der Waals surface area contributed by atoms with Gasteiger partial charge in [-0.05, 0) is 43.6 Å². The Bertz CT molecular complexity index is 748. The first kappa shape index (κ1) is 20.0. The third kappa shape index (κ3) is 5.88. The number of thiocarbonyl (C=S) groups is 1. The van der Waals surface area contributed by atoms with E-state index in [0.717, 1.165) is 25.1 Å². The van der Waals surface area contributed by atoms with Crippen LogP contribution in [-0.2, 0) is 11.8 Å². The van der Waals surface area contributed by atoms with Gasteiger partial charge in [-0.1, -0.05) is 51.1 Å². The number of hydrogen-bond acceptors (Lipinski definition) is 3. The van der Waals surface area contributed by atoms with Gasteiger partial charge in [0.1, 0.15) is 11.5 Å². The summed E-state index contributed by atoms with van der Waals surface area (Å²) in [6, 6.07) is 12.1. The van der Waals surface area contributed by atoms with E-state index in [1.54, 1.807) is 13.0 Å². The van der Waals surface area contributed by atoms with Crippen LogP contribution in [0.15, 0.2) is 40.8 Å². The van der Waals surface area contributed by atoms with Gasteiger partial charge in [-0.15, -0.1) is 0 Å². The second kappa shape index (κ2) is 8.85. The van der Waals surface area contributed by atoms with Gasteiger partial charge < -0.3 is 9.73 Å². The van der Waals surface area contributed by atoms with Crippen LogP contribution in [0.25, 0.3) is 0 Å². The summed E-state index contributed by atoms with van der Waals surface area (Å²) in [6.45, 7) is 8.64. The molecule has 0 aliphatic carbocycles. The lowest BCUT2D eigenvalue weighted by Crippen LogP contribution is -2.47. The van der Waals surface area contributed by atoms with Crippen molar-refractivity contribution in [2.24, 2.45) is 0 Å². The van der Waals surface area contributed by atoms with Crippen molar-refractivity contribution < 1.29 is 9.21 Å². The average molecular weight is 374 g/mol. The first-order valence-corrected chi connectivity index (χ1v) is 9.17. The molecule has 0 unspecified atom stereocenters. The number of benzene rings is 1. The quantitative estimate of drug-likeness (QED) is 0.424. The topological polar surface area (TPSA) is 66.3 Å². The molecule has 0 radical (unpaired) electrons. The molecule has 1 aromatic carbocycles. The van der Waals surface area contributed by atoms with Crippen molar-refractivity contribution in [1.82, 2.24) is 16.2 Å². The first-order chi connectivity index (χ1) is 12.3. The second-order valence-electron chi connectivity index (χ2n) is 7.25. The standard InChI is InChI=1S/C20H27N3O2S/c1-14-16(13-17(25-14)20(2,3)4)18(24)22-23-19(26)21-12-8-11-15-9-6-5-7-10-15/h5-7,9-10,13H,8,11-12H2,1-4H3,(H,22,24)(H2,21,23,26). The van der Waals surface area contributed by atoms with Crippen molar-refractivity contribution >= 4 is 23.2 Å². The lowest BCUT2D eigenvalue weighted by Gasteiger charge is -2.13. The summed E-state index contributed by atoms with van der Waals surface area (Å²) in [6.07, 6.45) is 1.93. The molecule has 0 saturated heterocycles. The van der Waals surface area contributed by atoms with Crippen LogP contribution in [0.2, 0.25) is 0 Å². The number of hydrogen-bond donors (Lipinski definition) is 3. The third-order valence-corrected chi connectivity index (χ3v) is 4.21. The number of furan rings is 1. The molecule has 0 spiro atoms. The number of nitrogens with one attached hydrogen (secondary N) is 3. The lowest BCUT2D eigenvalue weighted by molar-refractivity contribution is 0.0942. The summed E-state index contributed by atoms with van der Waals surface area (Å²) >= 11 is 5.19. The zero-order valence-electron chi connectivity index (χ0n) is 15.8. The Morgan fingerprint density at radius 2 is 1.85 bits per heavy atom. The molecule has 1 heterocycles. The maximum absolute atomic E-state index is 12.3. The molecule has 3 N–H and O–H groups in total. The van der Waals surface area contributed by atoms with Gasteiger partial charge in [0.25, 0.3) is 5.91 Å². The van der Waals surface area contributed by atoms with Crippen molar-refractivity contribution in [3.05, 3.63) is 59.0 Å². The minimum atomic E-state index is -0.268. The number of carbonyl (C=O) groups excluding carboxylic acids is 1. The van der Waals surface area contributed by atoms with E-state index in [2.05, 4.69) is 28.3 Å². The molecule has 0 bridgehead atoms. The molecule has 0 fully saturated rings. The van der Waals surface area contributed by atoms with Gasteiger partial charge in [0, 0.05) is 12.0 Å². The third-order valence-electron chi connectivity index (χ3n) is 3.96. The van der Waals surface area contributed by atoms with Crippen molar-refractivity contribution in [2.75, 3.05) is 6.54 Å². The minimum Gasteiger partial charge on any atom is -0.465 e. The van der Waals surface area contributed by atoms with Crippen LogP contribution in [-0.4, -0.2) is 17.6 Å². The predicted molar refractivity (Wildman–Crippen MR) is 108 cm³/mol. The Labute approximate surface area is 160 Å². The van der Waals surface area contributed by atoms with E-state index in [4.69, 9.17) is 16.6 Å². The Hall–Kier alpha value is -2.34. The van der Waals surface area contributed by atoms with Crippen LogP contribution in [0.4, 0.5) is 0 Å². The molecule has 26 heavy (non-hydrogen) atoms. The van der Waals surface area contributed by atoms with Gasteiger partial charge in [-0.25, -0.2) is 0 Å². The largest absolute Gasteiger partial charge is 0.465 e. The SMILES string of the molecule is Cc1oc(C(C)(C)C)cc1C(=O)NNC(=S)NCCCc1ccccc1. The Morgan fingerprint density at radius 3 is 2.46 bits per heavy atom. The van der Waals surface area contributed by atoms with Gasteiger partial charge in [0.2, 0.25) is 0 Å². The van der Waals surface area contributed by atoms with Crippen LogP contribution in [0.3, 0.4) is 0 Å². The van der Waals surface area contributed by atoms with Gasteiger partial charge in [0.15, 0.2) is 5.11 Å². The van der Waals surface area contributed by atoms with Crippen LogP contribution in [0.5, 0.6) is 0 Å². The van der Waals surface area contributed by atoms with E-state index in [1.165, 1.54) is 5.56 Å². The lowest BCUT2D eigenvalue weighted by atomic mass is 9.93. The molecule has 0 atom stereocenters. The molecule has 140 valence electrons. The summed E-state index contributed by atoms with van der Waals surface area (Å²) in [5.74, 6) is 1.10. The zero-order valence-corrected chi connectivity index (χ0v) is 16.6. The van der Waals surface area contributed by atoms with E-state index in [0.29, 0.717) is 16.4 Å². The number of amides is 1. The minimum absolute atomic E-state index is 0.146. The summed E-state index contributed by atoms with van der Waals surface area (Å²) in [5.41, 5.74) is 7.00. The van der Waals surface area contributed by atoms with E-state index in [-0.39, 0.29) is 11.3 Å². The van der Waals surface area contributed by atoms with Gasteiger partial charge in [0.05, 0.1) is 5.56 Å².